The summed E-state index contributed by atoms with van der Waals surface area (Å²) in [6.45, 7) is 1.59. The van der Waals surface area contributed by atoms with Crippen LogP contribution in [0.15, 0.2) is 28.2 Å². The van der Waals surface area contributed by atoms with Crippen molar-refractivity contribution in [3.63, 3.8) is 0 Å². The van der Waals surface area contributed by atoms with E-state index < -0.39 is 5.91 Å². The molecule has 0 radical (unpaired) electrons. The third-order valence-electron chi connectivity index (χ3n) is 1.72. The first-order valence-corrected chi connectivity index (χ1v) is 4.73. The van der Waals surface area contributed by atoms with Crippen LogP contribution in [0.3, 0.4) is 0 Å². The molecule has 74 valence electrons. The van der Waals surface area contributed by atoms with E-state index in [1.54, 1.807) is 19.1 Å². The normalized spacial score (nSPS) is 11.5. The van der Waals surface area contributed by atoms with Crippen molar-refractivity contribution in [2.24, 2.45) is 5.73 Å². The zero-order valence-corrected chi connectivity index (χ0v) is 9.14. The SMILES string of the molecule is CC(=Cc1ccc(Br)c(F)c1)C(N)=O. The largest absolute Gasteiger partial charge is 0.366 e. The topological polar surface area (TPSA) is 43.1 Å². The summed E-state index contributed by atoms with van der Waals surface area (Å²) in [7, 11) is 0. The molecule has 0 saturated carbocycles. The average molecular weight is 258 g/mol. The minimum atomic E-state index is -0.506. The molecule has 1 rings (SSSR count). The molecule has 0 saturated heterocycles. The molecule has 0 fully saturated rings. The highest BCUT2D eigenvalue weighted by Crippen LogP contribution is 2.17. The lowest BCUT2D eigenvalue weighted by Gasteiger charge is -1.98. The Balaban J connectivity index is 3.04. The molecule has 0 heterocycles. The van der Waals surface area contributed by atoms with Crippen LogP contribution in [0.1, 0.15) is 12.5 Å². The maximum Gasteiger partial charge on any atom is 0.244 e. The molecule has 0 aliphatic heterocycles. The second-order valence-electron chi connectivity index (χ2n) is 2.87. The number of amides is 1. The average Bonchev–Trinajstić information content (AvgIpc) is 2.11. The lowest BCUT2D eigenvalue weighted by atomic mass is 10.1. The maximum atomic E-state index is 13.0. The van der Waals surface area contributed by atoms with Crippen molar-refractivity contribution in [2.75, 3.05) is 0 Å². The maximum absolute atomic E-state index is 13.0. The van der Waals surface area contributed by atoms with E-state index in [1.165, 1.54) is 12.1 Å². The standard InChI is InChI=1S/C10H9BrFNO/c1-6(10(13)14)4-7-2-3-8(11)9(12)5-7/h2-5H,1H3,(H2,13,14). The molecule has 14 heavy (non-hydrogen) atoms. The quantitative estimate of drug-likeness (QED) is 0.813. The van der Waals surface area contributed by atoms with Gasteiger partial charge in [-0.2, -0.15) is 0 Å². The van der Waals surface area contributed by atoms with Gasteiger partial charge in [0.1, 0.15) is 5.82 Å². The van der Waals surface area contributed by atoms with Crippen molar-refractivity contribution < 1.29 is 9.18 Å². The Labute approximate surface area is 89.7 Å². The molecule has 2 N–H and O–H groups in total. The van der Waals surface area contributed by atoms with Gasteiger partial charge < -0.3 is 5.73 Å². The van der Waals surface area contributed by atoms with Crippen molar-refractivity contribution in [1.82, 2.24) is 0 Å². The Morgan fingerprint density at radius 1 is 1.57 bits per heavy atom. The molecule has 0 aliphatic rings. The van der Waals surface area contributed by atoms with Gasteiger partial charge in [0, 0.05) is 5.57 Å². The molecule has 0 bridgehead atoms. The molecule has 0 spiro atoms. The Hall–Kier alpha value is -1.16. The van der Waals surface area contributed by atoms with E-state index in [0.29, 0.717) is 15.6 Å². The van der Waals surface area contributed by atoms with Crippen LogP contribution in [-0.4, -0.2) is 5.91 Å². The molecule has 0 aliphatic carbocycles. The molecule has 2 nitrogen and oxygen atoms in total. The third kappa shape index (κ3) is 2.67. The van der Waals surface area contributed by atoms with E-state index in [0.717, 1.165) is 0 Å². The summed E-state index contributed by atoms with van der Waals surface area (Å²) >= 11 is 3.04. The number of carbonyl (C=O) groups excluding carboxylic acids is 1. The van der Waals surface area contributed by atoms with Crippen molar-refractivity contribution in [3.05, 3.63) is 39.6 Å². The Kier molecular flexibility index (Phi) is 3.41. The summed E-state index contributed by atoms with van der Waals surface area (Å²) in [5.74, 6) is -0.871. The Morgan fingerprint density at radius 2 is 2.21 bits per heavy atom. The van der Waals surface area contributed by atoms with Crippen molar-refractivity contribution in [1.29, 1.82) is 0 Å². The van der Waals surface area contributed by atoms with Gasteiger partial charge in [-0.1, -0.05) is 6.07 Å². The smallest absolute Gasteiger partial charge is 0.244 e. The first-order chi connectivity index (χ1) is 6.50. The Bertz CT molecular complexity index is 401. The molecular weight excluding hydrogens is 249 g/mol. The number of hydrogen-bond acceptors (Lipinski definition) is 1. The van der Waals surface area contributed by atoms with Gasteiger partial charge in [-0.15, -0.1) is 0 Å². The van der Waals surface area contributed by atoms with Crippen LogP contribution in [0.4, 0.5) is 4.39 Å². The van der Waals surface area contributed by atoms with Gasteiger partial charge in [-0.05, 0) is 46.6 Å². The van der Waals surface area contributed by atoms with Crippen LogP contribution in [-0.2, 0) is 4.79 Å². The van der Waals surface area contributed by atoms with Crippen molar-refractivity contribution in [2.45, 2.75) is 6.92 Å². The summed E-state index contributed by atoms with van der Waals surface area (Å²) in [6.07, 6.45) is 1.54. The molecule has 1 amide bonds. The number of carbonyl (C=O) groups is 1. The fraction of sp³-hybridized carbons (Fsp3) is 0.100. The lowest BCUT2D eigenvalue weighted by molar-refractivity contribution is -0.114. The van der Waals surface area contributed by atoms with Gasteiger partial charge in [0.2, 0.25) is 5.91 Å². The molecule has 1 aromatic rings. The third-order valence-corrected chi connectivity index (χ3v) is 2.36. The Morgan fingerprint density at radius 3 is 2.71 bits per heavy atom. The highest BCUT2D eigenvalue weighted by molar-refractivity contribution is 9.10. The van der Waals surface area contributed by atoms with Crippen LogP contribution in [0, 0.1) is 5.82 Å². The molecule has 1 aromatic carbocycles. The van der Waals surface area contributed by atoms with Crippen molar-refractivity contribution >= 4 is 27.9 Å². The highest BCUT2D eigenvalue weighted by atomic mass is 79.9. The monoisotopic (exact) mass is 257 g/mol. The van der Waals surface area contributed by atoms with Crippen LogP contribution in [0.5, 0.6) is 0 Å². The van der Waals surface area contributed by atoms with Gasteiger partial charge in [0.05, 0.1) is 4.47 Å². The first-order valence-electron chi connectivity index (χ1n) is 3.94. The molecule has 4 heteroatoms. The van der Waals surface area contributed by atoms with Crippen LogP contribution in [0.25, 0.3) is 6.08 Å². The van der Waals surface area contributed by atoms with Gasteiger partial charge in [0.15, 0.2) is 0 Å². The summed E-state index contributed by atoms with van der Waals surface area (Å²) in [4.78, 5) is 10.7. The highest BCUT2D eigenvalue weighted by Gasteiger charge is 2.01. The van der Waals surface area contributed by atoms with Gasteiger partial charge in [0.25, 0.3) is 0 Å². The first kappa shape index (κ1) is 10.9. The van der Waals surface area contributed by atoms with E-state index in [-0.39, 0.29) is 5.82 Å². The van der Waals surface area contributed by atoms with E-state index in [2.05, 4.69) is 15.9 Å². The van der Waals surface area contributed by atoms with Gasteiger partial charge >= 0.3 is 0 Å². The number of rotatable bonds is 2. The lowest BCUT2D eigenvalue weighted by Crippen LogP contribution is -2.11. The number of halogens is 2. The number of benzene rings is 1. The fourth-order valence-corrected chi connectivity index (χ4v) is 1.17. The molecule has 0 aromatic heterocycles. The molecular formula is C10H9BrFNO. The fourth-order valence-electron chi connectivity index (χ4n) is 0.923. The van der Waals surface area contributed by atoms with Crippen LogP contribution >= 0.6 is 15.9 Å². The second-order valence-corrected chi connectivity index (χ2v) is 3.72. The number of hydrogen-bond donors (Lipinski definition) is 1. The number of nitrogens with two attached hydrogens (primary N) is 1. The van der Waals surface area contributed by atoms with E-state index in [1.807, 2.05) is 0 Å². The van der Waals surface area contributed by atoms with E-state index in [9.17, 15) is 9.18 Å². The predicted molar refractivity (Wildman–Crippen MR) is 56.9 cm³/mol. The summed E-state index contributed by atoms with van der Waals surface area (Å²) in [6, 6.07) is 4.60. The zero-order valence-electron chi connectivity index (χ0n) is 7.55. The zero-order chi connectivity index (χ0) is 10.7. The number of primary amides is 1. The van der Waals surface area contributed by atoms with Crippen LogP contribution < -0.4 is 5.73 Å². The minimum absolute atomic E-state index is 0.365. The summed E-state index contributed by atoms with van der Waals surface area (Å²) < 4.78 is 13.4. The van der Waals surface area contributed by atoms with Crippen LogP contribution in [0.2, 0.25) is 0 Å². The molecule has 0 atom stereocenters. The van der Waals surface area contributed by atoms with E-state index >= 15 is 0 Å². The second kappa shape index (κ2) is 4.37. The molecule has 0 unspecified atom stereocenters. The van der Waals surface area contributed by atoms with Gasteiger partial charge in [-0.3, -0.25) is 4.79 Å². The van der Waals surface area contributed by atoms with Crippen molar-refractivity contribution in [3.8, 4) is 0 Å². The minimum Gasteiger partial charge on any atom is -0.366 e. The van der Waals surface area contributed by atoms with E-state index in [4.69, 9.17) is 5.73 Å². The van der Waals surface area contributed by atoms with Gasteiger partial charge in [-0.25, -0.2) is 4.39 Å². The summed E-state index contributed by atoms with van der Waals surface area (Å²) in [5.41, 5.74) is 6.05. The predicted octanol–water partition coefficient (Wildman–Crippen LogP) is 2.48. The summed E-state index contributed by atoms with van der Waals surface area (Å²) in [5, 5.41) is 0.